The molecule has 1 saturated heterocycles. The summed E-state index contributed by atoms with van der Waals surface area (Å²) < 4.78 is 8.22. The van der Waals surface area contributed by atoms with Crippen LogP contribution in [-0.2, 0) is 11.3 Å². The number of thiazole rings is 1. The molecule has 1 fully saturated rings. The number of ether oxygens (including phenoxy) is 1. The van der Waals surface area contributed by atoms with Crippen molar-refractivity contribution in [3.63, 3.8) is 0 Å². The Morgan fingerprint density at radius 3 is 2.66 bits per heavy atom. The number of hydrogen-bond acceptors (Lipinski definition) is 9. The second-order valence-corrected chi connectivity index (χ2v) is 10.7. The molecule has 0 saturated carbocycles. The van der Waals surface area contributed by atoms with Crippen LogP contribution in [0.2, 0.25) is 0 Å². The van der Waals surface area contributed by atoms with Crippen molar-refractivity contribution in [2.45, 2.75) is 26.4 Å². The van der Waals surface area contributed by atoms with E-state index in [-0.39, 0.29) is 5.56 Å². The second kappa shape index (κ2) is 10.2. The molecule has 0 unspecified atom stereocenters. The minimum absolute atomic E-state index is 0.124. The average molecular weight is 531 g/mol. The standard InChI is InChI=1S/C27H30N8O2S/c1-17-14-19-16-20(26(36)28-22(19)15-18(17)2)24(25-30-31-32-35(25)12-13-37-3)33-8-10-34(11-9-33)27-29-21-6-4-5-7-23(21)38-27/h4-7,14-16,24H,8-13H2,1-3H3,(H,28,36)/t24-/m1/s1. The lowest BCUT2D eigenvalue weighted by Crippen LogP contribution is -2.49. The van der Waals surface area contributed by atoms with E-state index in [0.29, 0.717) is 24.5 Å². The van der Waals surface area contributed by atoms with Crippen LogP contribution in [0.3, 0.4) is 0 Å². The van der Waals surface area contributed by atoms with E-state index in [1.165, 1.54) is 10.3 Å². The number of hydrogen-bond donors (Lipinski definition) is 1. The number of aromatic amines is 1. The van der Waals surface area contributed by atoms with Gasteiger partial charge in [0.1, 0.15) is 6.04 Å². The molecule has 0 bridgehead atoms. The fraction of sp³-hybridized carbons (Fsp3) is 0.370. The molecule has 5 aromatic rings. The quantitative estimate of drug-likeness (QED) is 0.342. The van der Waals surface area contributed by atoms with E-state index < -0.39 is 6.04 Å². The largest absolute Gasteiger partial charge is 0.383 e. The van der Waals surface area contributed by atoms with Crippen LogP contribution in [0.15, 0.2) is 47.3 Å². The van der Waals surface area contributed by atoms with E-state index in [1.807, 2.05) is 24.3 Å². The third kappa shape index (κ3) is 4.57. The molecule has 0 radical (unpaired) electrons. The summed E-state index contributed by atoms with van der Waals surface area (Å²) >= 11 is 1.72. The van der Waals surface area contributed by atoms with Gasteiger partial charge in [0.15, 0.2) is 11.0 Å². The molecule has 10 nitrogen and oxygen atoms in total. The SMILES string of the molecule is COCCn1nnnc1[C@@H](c1cc2cc(C)c(C)cc2[nH]c1=O)N1CCN(c2nc3ccccc3s2)CC1. The van der Waals surface area contributed by atoms with Gasteiger partial charge >= 0.3 is 0 Å². The van der Waals surface area contributed by atoms with Crippen molar-refractivity contribution in [1.82, 2.24) is 35.1 Å². The number of fused-ring (bicyclic) bond motifs is 2. The number of para-hydroxylation sites is 1. The molecule has 3 aromatic heterocycles. The molecule has 1 aliphatic rings. The van der Waals surface area contributed by atoms with Gasteiger partial charge in [-0.15, -0.1) is 5.10 Å². The highest BCUT2D eigenvalue weighted by molar-refractivity contribution is 7.22. The zero-order valence-electron chi connectivity index (χ0n) is 21.7. The lowest BCUT2D eigenvalue weighted by atomic mass is 10.0. The van der Waals surface area contributed by atoms with Crippen molar-refractivity contribution in [1.29, 1.82) is 0 Å². The Hall–Kier alpha value is -3.67. The molecular formula is C27H30N8O2S. The van der Waals surface area contributed by atoms with Crippen LogP contribution in [0.25, 0.3) is 21.1 Å². The maximum atomic E-state index is 13.5. The number of H-pyrrole nitrogens is 1. The molecule has 196 valence electrons. The van der Waals surface area contributed by atoms with Crippen molar-refractivity contribution in [3.05, 3.63) is 75.3 Å². The highest BCUT2D eigenvalue weighted by Gasteiger charge is 2.33. The zero-order valence-corrected chi connectivity index (χ0v) is 22.5. The lowest BCUT2D eigenvalue weighted by molar-refractivity contribution is 0.171. The molecule has 6 rings (SSSR count). The van der Waals surface area contributed by atoms with Gasteiger partial charge in [0.25, 0.3) is 5.56 Å². The van der Waals surface area contributed by atoms with Gasteiger partial charge < -0.3 is 14.6 Å². The van der Waals surface area contributed by atoms with E-state index in [9.17, 15) is 4.79 Å². The molecule has 0 spiro atoms. The first kappa shape index (κ1) is 24.7. The number of benzene rings is 2. The number of piperazine rings is 1. The minimum Gasteiger partial charge on any atom is -0.383 e. The van der Waals surface area contributed by atoms with Gasteiger partial charge in [-0.3, -0.25) is 9.69 Å². The van der Waals surface area contributed by atoms with Gasteiger partial charge in [-0.25, -0.2) is 9.67 Å². The van der Waals surface area contributed by atoms with Gasteiger partial charge in [-0.2, -0.15) is 0 Å². The molecule has 1 N–H and O–H groups in total. The van der Waals surface area contributed by atoms with E-state index in [0.717, 1.165) is 53.3 Å². The molecule has 0 aliphatic carbocycles. The summed E-state index contributed by atoms with van der Waals surface area (Å²) in [5, 5.41) is 14.6. The Labute approximate surface area is 223 Å². The number of aryl methyl sites for hydroxylation is 2. The highest BCUT2D eigenvalue weighted by atomic mass is 32.1. The number of pyridine rings is 1. The van der Waals surface area contributed by atoms with E-state index in [2.05, 4.69) is 62.4 Å². The van der Waals surface area contributed by atoms with Crippen LogP contribution in [0.4, 0.5) is 5.13 Å². The molecule has 4 heterocycles. The van der Waals surface area contributed by atoms with Crippen LogP contribution in [0, 0.1) is 13.8 Å². The molecule has 2 aromatic carbocycles. The summed E-state index contributed by atoms with van der Waals surface area (Å²) in [6, 6.07) is 14.0. The van der Waals surface area contributed by atoms with Crippen molar-refractivity contribution in [2.75, 3.05) is 44.8 Å². The van der Waals surface area contributed by atoms with Crippen molar-refractivity contribution < 1.29 is 4.74 Å². The summed E-state index contributed by atoms with van der Waals surface area (Å²) in [5.41, 5.74) is 4.70. The monoisotopic (exact) mass is 530 g/mol. The minimum atomic E-state index is -0.394. The van der Waals surface area contributed by atoms with Crippen LogP contribution < -0.4 is 10.5 Å². The number of methoxy groups -OCH3 is 1. The zero-order chi connectivity index (χ0) is 26.2. The Balaban J connectivity index is 1.36. The summed E-state index contributed by atoms with van der Waals surface area (Å²) in [7, 11) is 1.65. The molecular weight excluding hydrogens is 500 g/mol. The Morgan fingerprint density at radius 1 is 1.08 bits per heavy atom. The fourth-order valence-corrected chi connectivity index (χ4v) is 6.12. The summed E-state index contributed by atoms with van der Waals surface area (Å²) in [5.74, 6) is 0.643. The number of nitrogens with one attached hydrogen (secondary N) is 1. The number of aromatic nitrogens is 6. The van der Waals surface area contributed by atoms with Crippen LogP contribution in [0.1, 0.15) is 28.6 Å². The Bertz CT molecular complexity index is 1620. The summed E-state index contributed by atoms with van der Waals surface area (Å²) in [6.45, 7) is 8.18. The first-order valence-electron chi connectivity index (χ1n) is 12.8. The van der Waals surface area contributed by atoms with Gasteiger partial charge in [-0.1, -0.05) is 23.5 Å². The Kier molecular flexibility index (Phi) is 6.64. The molecule has 11 heteroatoms. The third-order valence-corrected chi connectivity index (χ3v) is 8.42. The Morgan fingerprint density at radius 2 is 1.87 bits per heavy atom. The summed E-state index contributed by atoms with van der Waals surface area (Å²) in [6.07, 6.45) is 0. The van der Waals surface area contributed by atoms with E-state index in [1.54, 1.807) is 23.1 Å². The van der Waals surface area contributed by atoms with Crippen LogP contribution >= 0.6 is 11.3 Å². The number of nitrogens with zero attached hydrogens (tertiary/aromatic N) is 7. The van der Waals surface area contributed by atoms with Gasteiger partial charge in [0, 0.05) is 44.4 Å². The predicted octanol–water partition coefficient (Wildman–Crippen LogP) is 3.30. The van der Waals surface area contributed by atoms with Crippen molar-refractivity contribution >= 4 is 37.6 Å². The van der Waals surface area contributed by atoms with Crippen LogP contribution in [-0.4, -0.2) is 75.0 Å². The molecule has 1 aliphatic heterocycles. The smallest absolute Gasteiger partial charge is 0.253 e. The maximum Gasteiger partial charge on any atom is 0.253 e. The number of anilines is 1. The van der Waals surface area contributed by atoms with Crippen molar-refractivity contribution in [2.24, 2.45) is 0 Å². The summed E-state index contributed by atoms with van der Waals surface area (Å²) in [4.78, 5) is 26.1. The number of tetrazole rings is 1. The molecule has 0 amide bonds. The topological polar surface area (TPSA) is 105 Å². The van der Waals surface area contributed by atoms with E-state index >= 15 is 0 Å². The average Bonchev–Trinajstić information content (AvgIpc) is 3.57. The molecule has 1 atom stereocenters. The third-order valence-electron chi connectivity index (χ3n) is 7.33. The highest BCUT2D eigenvalue weighted by Crippen LogP contribution is 2.32. The predicted molar refractivity (Wildman–Crippen MR) is 149 cm³/mol. The van der Waals surface area contributed by atoms with E-state index in [4.69, 9.17) is 9.72 Å². The molecule has 38 heavy (non-hydrogen) atoms. The number of rotatable bonds is 7. The maximum absolute atomic E-state index is 13.5. The van der Waals surface area contributed by atoms with Gasteiger partial charge in [0.2, 0.25) is 0 Å². The fourth-order valence-electron chi connectivity index (χ4n) is 5.11. The second-order valence-electron chi connectivity index (χ2n) is 9.72. The first-order chi connectivity index (χ1) is 18.5. The normalized spacial score (nSPS) is 15.5. The first-order valence-corrected chi connectivity index (χ1v) is 13.6. The lowest BCUT2D eigenvalue weighted by Gasteiger charge is -2.38. The van der Waals surface area contributed by atoms with Crippen LogP contribution in [0.5, 0.6) is 0 Å². The van der Waals surface area contributed by atoms with Crippen molar-refractivity contribution in [3.8, 4) is 0 Å². The van der Waals surface area contributed by atoms with Gasteiger partial charge in [-0.05, 0) is 71.1 Å². The van der Waals surface area contributed by atoms with Gasteiger partial charge in [0.05, 0.1) is 23.4 Å².